The molecule has 0 amide bonds. The minimum Gasteiger partial charge on any atom is -0.383 e. The molecule has 130 valence electrons. The van der Waals surface area contributed by atoms with Gasteiger partial charge in [0, 0.05) is 10.6 Å². The Bertz CT molecular complexity index is 877. The Morgan fingerprint density at radius 3 is 2.52 bits per heavy atom. The van der Waals surface area contributed by atoms with Crippen LogP contribution < -0.4 is 16.2 Å². The van der Waals surface area contributed by atoms with Gasteiger partial charge in [-0.2, -0.15) is 0 Å². The average molecular weight is 373 g/mol. The van der Waals surface area contributed by atoms with Crippen LogP contribution in [-0.2, 0) is 0 Å². The summed E-state index contributed by atoms with van der Waals surface area (Å²) >= 11 is 2.55. The lowest BCUT2D eigenvalue weighted by Crippen LogP contribution is -2.03. The Labute approximate surface area is 155 Å². The highest BCUT2D eigenvalue weighted by Crippen LogP contribution is 2.36. The lowest BCUT2D eigenvalue weighted by Gasteiger charge is -2.13. The predicted octanol–water partition coefficient (Wildman–Crippen LogP) is 4.13. The molecule has 0 spiro atoms. The summed E-state index contributed by atoms with van der Waals surface area (Å²) in [5.74, 6) is 0.342. The molecule has 0 saturated heterocycles. The van der Waals surface area contributed by atoms with Crippen LogP contribution in [0.25, 0.3) is 0 Å². The normalized spacial score (nSPS) is 12.2. The van der Waals surface area contributed by atoms with Gasteiger partial charge in [0.15, 0.2) is 5.13 Å². The zero-order chi connectivity index (χ0) is 18.0. The third-order valence-corrected chi connectivity index (χ3v) is 5.47. The molecule has 6 N–H and O–H groups in total. The van der Waals surface area contributed by atoms with Crippen LogP contribution in [0.5, 0.6) is 0 Å². The highest BCUT2D eigenvalue weighted by molar-refractivity contribution is 7.97. The summed E-state index contributed by atoms with van der Waals surface area (Å²) in [5.41, 5.74) is 9.96. The minimum atomic E-state index is -0.787. The van der Waals surface area contributed by atoms with E-state index in [-0.39, 0.29) is 0 Å². The number of rotatable bonds is 5. The molecule has 0 aliphatic rings. The number of benzene rings is 2. The third-order valence-electron chi connectivity index (χ3n) is 3.89. The molecule has 3 aromatic rings. The van der Waals surface area contributed by atoms with Crippen LogP contribution in [0.15, 0.2) is 47.4 Å². The first-order chi connectivity index (χ1) is 12.0. The average Bonchev–Trinajstić information content (AvgIpc) is 2.95. The molecule has 1 aromatic heterocycles. The number of nitrogens with zero attached hydrogens (tertiary/aromatic N) is 1. The zero-order valence-electron chi connectivity index (χ0n) is 14.0. The first-order valence-electron chi connectivity index (χ1n) is 7.73. The van der Waals surface area contributed by atoms with Crippen molar-refractivity contribution in [2.24, 2.45) is 5.14 Å². The molecular formula is C18H20N4OS2. The van der Waals surface area contributed by atoms with Crippen LogP contribution in [0.1, 0.15) is 27.7 Å². The van der Waals surface area contributed by atoms with Crippen LogP contribution >= 0.6 is 23.3 Å². The van der Waals surface area contributed by atoms with E-state index in [0.717, 1.165) is 27.3 Å². The highest BCUT2D eigenvalue weighted by Gasteiger charge is 2.20. The van der Waals surface area contributed by atoms with E-state index in [1.165, 1.54) is 23.3 Å². The highest BCUT2D eigenvalue weighted by atomic mass is 32.2. The molecule has 0 aliphatic carbocycles. The molecule has 0 fully saturated rings. The monoisotopic (exact) mass is 372 g/mol. The fraction of sp³-hybridized carbons (Fsp3) is 0.167. The van der Waals surface area contributed by atoms with E-state index >= 15 is 0 Å². The van der Waals surface area contributed by atoms with Gasteiger partial charge in [-0.3, -0.25) is 5.14 Å². The predicted molar refractivity (Wildman–Crippen MR) is 106 cm³/mol. The lowest BCUT2D eigenvalue weighted by molar-refractivity contribution is 0.224. The Morgan fingerprint density at radius 2 is 1.88 bits per heavy atom. The van der Waals surface area contributed by atoms with E-state index < -0.39 is 6.10 Å². The second-order valence-corrected chi connectivity index (χ2v) is 7.54. The lowest BCUT2D eigenvalue weighted by atomic mass is 10.0. The van der Waals surface area contributed by atoms with E-state index in [2.05, 4.69) is 10.3 Å². The fourth-order valence-electron chi connectivity index (χ4n) is 2.61. The quantitative estimate of drug-likeness (QED) is 0.503. The van der Waals surface area contributed by atoms with E-state index in [9.17, 15) is 5.11 Å². The molecule has 0 bridgehead atoms. The van der Waals surface area contributed by atoms with Crippen molar-refractivity contribution in [1.29, 1.82) is 0 Å². The maximum Gasteiger partial charge on any atom is 0.189 e. The molecule has 1 heterocycles. The van der Waals surface area contributed by atoms with E-state index in [1.807, 2.05) is 56.3 Å². The summed E-state index contributed by atoms with van der Waals surface area (Å²) in [6.07, 6.45) is -0.787. The number of thiazole rings is 1. The first kappa shape index (κ1) is 17.8. The van der Waals surface area contributed by atoms with Gasteiger partial charge in [-0.1, -0.05) is 35.1 Å². The summed E-state index contributed by atoms with van der Waals surface area (Å²) in [6, 6.07) is 13.7. The number of hydrogen-bond donors (Lipinski definition) is 4. The van der Waals surface area contributed by atoms with Crippen LogP contribution in [0.2, 0.25) is 0 Å². The number of anilines is 3. The van der Waals surface area contributed by atoms with E-state index in [1.54, 1.807) is 0 Å². The largest absolute Gasteiger partial charge is 0.383 e. The topological polar surface area (TPSA) is 97.2 Å². The van der Waals surface area contributed by atoms with Crippen LogP contribution in [0.4, 0.5) is 16.6 Å². The van der Waals surface area contributed by atoms with Gasteiger partial charge in [-0.05, 0) is 61.2 Å². The smallest absolute Gasteiger partial charge is 0.189 e. The van der Waals surface area contributed by atoms with Gasteiger partial charge in [0.05, 0.1) is 4.88 Å². The van der Waals surface area contributed by atoms with Crippen LogP contribution in [0.3, 0.4) is 0 Å². The van der Waals surface area contributed by atoms with Crippen molar-refractivity contribution in [3.05, 3.63) is 64.0 Å². The number of aliphatic hydroxyl groups is 1. The maximum absolute atomic E-state index is 10.7. The summed E-state index contributed by atoms with van der Waals surface area (Å²) in [4.78, 5) is 5.96. The van der Waals surface area contributed by atoms with Gasteiger partial charge in [0.2, 0.25) is 0 Å². The first-order valence-corrected chi connectivity index (χ1v) is 9.43. The molecule has 0 radical (unpaired) electrons. The van der Waals surface area contributed by atoms with Crippen LogP contribution in [0, 0.1) is 13.8 Å². The van der Waals surface area contributed by atoms with Gasteiger partial charge in [-0.15, -0.1) is 0 Å². The number of aromatic nitrogens is 1. The van der Waals surface area contributed by atoms with Crippen molar-refractivity contribution in [2.45, 2.75) is 24.8 Å². The maximum atomic E-state index is 10.7. The van der Waals surface area contributed by atoms with Crippen molar-refractivity contribution in [1.82, 2.24) is 4.98 Å². The molecule has 0 aliphatic heterocycles. The molecule has 7 heteroatoms. The third kappa shape index (κ3) is 3.96. The standard InChI is InChI=1S/C18H20N4OS2/c1-10-3-8-14(11(2)9-10)15(23)16-17(19)22-18(24-16)21-12-4-6-13(25-20)7-5-12/h3-9,15,23H,19-20H2,1-2H3,(H,21,22). The molecule has 3 rings (SSSR count). The molecule has 1 atom stereocenters. The molecule has 0 saturated carbocycles. The zero-order valence-corrected chi connectivity index (χ0v) is 15.6. The van der Waals surface area contributed by atoms with Gasteiger partial charge >= 0.3 is 0 Å². The number of nitrogens with two attached hydrogens (primary N) is 2. The summed E-state index contributed by atoms with van der Waals surface area (Å²) < 4.78 is 0. The van der Waals surface area contributed by atoms with Gasteiger partial charge in [0.1, 0.15) is 11.9 Å². The van der Waals surface area contributed by atoms with Gasteiger partial charge < -0.3 is 16.2 Å². The number of nitrogens with one attached hydrogen (secondary N) is 1. The molecule has 1 unspecified atom stereocenters. The van der Waals surface area contributed by atoms with Crippen molar-refractivity contribution in [3.63, 3.8) is 0 Å². The number of hydrogen-bond acceptors (Lipinski definition) is 7. The molecular weight excluding hydrogens is 352 g/mol. The minimum absolute atomic E-state index is 0.342. The van der Waals surface area contributed by atoms with Gasteiger partial charge in [-0.25, -0.2) is 4.98 Å². The Kier molecular flexibility index (Phi) is 5.29. The van der Waals surface area contributed by atoms with Crippen molar-refractivity contribution < 1.29 is 5.11 Å². The van der Waals surface area contributed by atoms with Crippen LogP contribution in [-0.4, -0.2) is 10.1 Å². The molecule has 2 aromatic carbocycles. The molecule has 5 nitrogen and oxygen atoms in total. The summed E-state index contributed by atoms with van der Waals surface area (Å²) in [7, 11) is 0. The van der Waals surface area contributed by atoms with E-state index in [4.69, 9.17) is 10.9 Å². The Balaban J connectivity index is 1.83. The fourth-order valence-corrected chi connectivity index (χ4v) is 3.81. The Hall–Kier alpha value is -2.06. The SMILES string of the molecule is Cc1ccc(C(O)c2sc(Nc3ccc(SN)cc3)nc2N)c(C)c1. The van der Waals surface area contributed by atoms with Crippen molar-refractivity contribution >= 4 is 39.9 Å². The van der Waals surface area contributed by atoms with Crippen molar-refractivity contribution in [2.75, 3.05) is 11.1 Å². The number of aryl methyl sites for hydroxylation is 2. The Morgan fingerprint density at radius 1 is 1.16 bits per heavy atom. The second-order valence-electron chi connectivity index (χ2n) is 5.80. The van der Waals surface area contributed by atoms with Gasteiger partial charge in [0.25, 0.3) is 0 Å². The number of aliphatic hydroxyl groups excluding tert-OH is 1. The molecule has 25 heavy (non-hydrogen) atoms. The van der Waals surface area contributed by atoms with E-state index in [0.29, 0.717) is 15.8 Å². The summed E-state index contributed by atoms with van der Waals surface area (Å²) in [6.45, 7) is 4.01. The number of nitrogen functional groups attached to an aromatic ring is 1. The summed E-state index contributed by atoms with van der Waals surface area (Å²) in [5, 5.41) is 20.1. The van der Waals surface area contributed by atoms with Crippen molar-refractivity contribution in [3.8, 4) is 0 Å². The second kappa shape index (κ2) is 7.45.